The van der Waals surface area contributed by atoms with Crippen LogP contribution >= 0.6 is 0 Å². The van der Waals surface area contributed by atoms with Gasteiger partial charge in [0, 0.05) is 55.4 Å². The minimum Gasteiger partial charge on any atom is -0.343 e. The van der Waals surface area contributed by atoms with Gasteiger partial charge in [0.25, 0.3) is 0 Å². The van der Waals surface area contributed by atoms with Crippen LogP contribution in [0.4, 0.5) is 0 Å². The first-order chi connectivity index (χ1) is 14.8. The van der Waals surface area contributed by atoms with Gasteiger partial charge in [0.15, 0.2) is 11.6 Å². The van der Waals surface area contributed by atoms with Gasteiger partial charge in [-0.3, -0.25) is 14.4 Å². The molecule has 1 aliphatic heterocycles. The van der Waals surface area contributed by atoms with E-state index < -0.39 is 10.0 Å². The third kappa shape index (κ3) is 3.93. The van der Waals surface area contributed by atoms with E-state index >= 15 is 0 Å². The van der Waals surface area contributed by atoms with Crippen LogP contribution in [0.3, 0.4) is 0 Å². The summed E-state index contributed by atoms with van der Waals surface area (Å²) in [6.07, 6.45) is 2.75. The van der Waals surface area contributed by atoms with Crippen molar-refractivity contribution in [3.8, 4) is 0 Å². The summed E-state index contributed by atoms with van der Waals surface area (Å²) >= 11 is 0. The number of amides is 1. The Kier molecular flexibility index (Phi) is 5.77. The number of hydrogen-bond acceptors (Lipinski definition) is 5. The Morgan fingerprint density at radius 2 is 1.52 bits per heavy atom. The highest BCUT2D eigenvalue weighted by molar-refractivity contribution is 7.89. The highest BCUT2D eigenvalue weighted by Gasteiger charge is 2.31. The van der Waals surface area contributed by atoms with Crippen molar-refractivity contribution in [3.63, 3.8) is 0 Å². The molecule has 2 aromatic carbocycles. The predicted octanol–water partition coefficient (Wildman–Crippen LogP) is 2.49. The molecule has 0 saturated carbocycles. The van der Waals surface area contributed by atoms with Crippen molar-refractivity contribution < 1.29 is 22.8 Å². The molecular weight excluding hydrogens is 416 g/mol. The molecule has 1 saturated heterocycles. The molecule has 162 valence electrons. The summed E-state index contributed by atoms with van der Waals surface area (Å²) < 4.78 is 27.2. The van der Waals surface area contributed by atoms with Gasteiger partial charge in [0.2, 0.25) is 15.9 Å². The largest absolute Gasteiger partial charge is 0.343 e. The van der Waals surface area contributed by atoms with Crippen molar-refractivity contribution in [2.75, 3.05) is 26.7 Å². The minimum absolute atomic E-state index is 0.0415. The van der Waals surface area contributed by atoms with Crippen LogP contribution in [0.15, 0.2) is 47.4 Å². The van der Waals surface area contributed by atoms with Gasteiger partial charge in [-0.15, -0.1) is 0 Å². The van der Waals surface area contributed by atoms with E-state index in [1.54, 1.807) is 24.3 Å². The Morgan fingerprint density at radius 1 is 0.935 bits per heavy atom. The molecule has 2 aromatic rings. The third-order valence-electron chi connectivity index (χ3n) is 5.93. The lowest BCUT2D eigenvalue weighted by molar-refractivity contribution is -0.130. The number of fused-ring (bicyclic) bond motifs is 2. The summed E-state index contributed by atoms with van der Waals surface area (Å²) in [5.74, 6) is -0.594. The Balaban J connectivity index is 1.50. The normalized spacial score (nSPS) is 15.9. The number of likely N-dealkylation sites (tertiary alicyclic amines) is 1. The molecule has 0 bridgehead atoms. The molecule has 1 amide bonds. The van der Waals surface area contributed by atoms with Gasteiger partial charge < -0.3 is 4.90 Å². The Hall–Kier alpha value is -2.84. The van der Waals surface area contributed by atoms with Gasteiger partial charge >= 0.3 is 0 Å². The number of sulfonamides is 1. The summed E-state index contributed by atoms with van der Waals surface area (Å²) in [5, 5.41) is 0. The fourth-order valence-corrected chi connectivity index (χ4v) is 5.35. The fourth-order valence-electron chi connectivity index (χ4n) is 4.12. The SMILES string of the molecule is CN(CCCC(=O)N1CCCC1)S(=O)(=O)c1ccc2c(c1)C(=O)c1ccccc1C2=O. The molecular formula is C23H24N2O5S. The Labute approximate surface area is 181 Å². The zero-order chi connectivity index (χ0) is 22.2. The zero-order valence-corrected chi connectivity index (χ0v) is 18.2. The monoisotopic (exact) mass is 440 g/mol. The average Bonchev–Trinajstić information content (AvgIpc) is 3.32. The number of carbonyl (C=O) groups excluding carboxylic acids is 3. The van der Waals surface area contributed by atoms with E-state index in [-0.39, 0.29) is 45.6 Å². The molecule has 0 atom stereocenters. The minimum atomic E-state index is -3.86. The molecule has 2 aliphatic rings. The van der Waals surface area contributed by atoms with E-state index in [0.29, 0.717) is 18.4 Å². The van der Waals surface area contributed by atoms with Crippen molar-refractivity contribution in [2.24, 2.45) is 0 Å². The number of carbonyl (C=O) groups is 3. The molecule has 0 radical (unpaired) electrons. The highest BCUT2D eigenvalue weighted by Crippen LogP contribution is 2.29. The van der Waals surface area contributed by atoms with Crippen molar-refractivity contribution in [3.05, 3.63) is 64.7 Å². The molecule has 1 fully saturated rings. The first kappa shape index (κ1) is 21.4. The molecule has 0 spiro atoms. The summed E-state index contributed by atoms with van der Waals surface area (Å²) in [7, 11) is -2.41. The van der Waals surface area contributed by atoms with Crippen molar-refractivity contribution in [1.82, 2.24) is 9.21 Å². The van der Waals surface area contributed by atoms with Crippen LogP contribution in [0.1, 0.15) is 57.5 Å². The maximum atomic E-state index is 13.0. The van der Waals surface area contributed by atoms with Crippen LogP contribution in [-0.2, 0) is 14.8 Å². The maximum Gasteiger partial charge on any atom is 0.242 e. The molecule has 1 aliphatic carbocycles. The number of benzene rings is 2. The summed E-state index contributed by atoms with van der Waals surface area (Å²) in [5.41, 5.74) is 0.919. The molecule has 0 N–H and O–H groups in total. The Bertz CT molecular complexity index is 1170. The maximum absolute atomic E-state index is 13.0. The number of rotatable bonds is 6. The van der Waals surface area contributed by atoms with Crippen LogP contribution in [0.2, 0.25) is 0 Å². The van der Waals surface area contributed by atoms with Gasteiger partial charge in [-0.2, -0.15) is 0 Å². The zero-order valence-electron chi connectivity index (χ0n) is 17.3. The van der Waals surface area contributed by atoms with Crippen molar-refractivity contribution in [2.45, 2.75) is 30.6 Å². The van der Waals surface area contributed by atoms with E-state index in [9.17, 15) is 22.8 Å². The van der Waals surface area contributed by atoms with Gasteiger partial charge in [-0.1, -0.05) is 24.3 Å². The summed E-state index contributed by atoms with van der Waals surface area (Å²) in [6, 6.07) is 10.6. The highest BCUT2D eigenvalue weighted by atomic mass is 32.2. The van der Waals surface area contributed by atoms with Gasteiger partial charge in [0.05, 0.1) is 4.90 Å². The summed E-state index contributed by atoms with van der Waals surface area (Å²) in [6.45, 7) is 1.74. The standard InChI is InChI=1S/C23H24N2O5S/c1-24(12-6-9-21(26)25-13-4-5-14-25)31(29,30)16-10-11-19-20(15-16)23(28)18-8-3-2-7-17(18)22(19)27/h2-3,7-8,10-11,15H,4-6,9,12-14H2,1H3. The van der Waals surface area contributed by atoms with Crippen LogP contribution in [0, 0.1) is 0 Å². The lowest BCUT2D eigenvalue weighted by Gasteiger charge is -2.21. The number of ketones is 2. The molecule has 4 rings (SSSR count). The number of nitrogens with zero attached hydrogens (tertiary/aromatic N) is 2. The second-order valence-electron chi connectivity index (χ2n) is 7.93. The molecule has 8 heteroatoms. The van der Waals surface area contributed by atoms with E-state index in [1.807, 2.05) is 4.90 Å². The lowest BCUT2D eigenvalue weighted by atomic mass is 9.84. The third-order valence-corrected chi connectivity index (χ3v) is 7.78. The van der Waals surface area contributed by atoms with Crippen LogP contribution in [0.25, 0.3) is 0 Å². The predicted molar refractivity (Wildman–Crippen MR) is 115 cm³/mol. The molecule has 0 unspecified atom stereocenters. The average molecular weight is 441 g/mol. The lowest BCUT2D eigenvalue weighted by Crippen LogP contribution is -2.31. The first-order valence-electron chi connectivity index (χ1n) is 10.4. The molecule has 1 heterocycles. The van der Waals surface area contributed by atoms with Crippen LogP contribution in [0.5, 0.6) is 0 Å². The smallest absolute Gasteiger partial charge is 0.242 e. The van der Waals surface area contributed by atoms with Gasteiger partial charge in [-0.25, -0.2) is 12.7 Å². The molecule has 0 aromatic heterocycles. The Morgan fingerprint density at radius 3 is 2.16 bits per heavy atom. The topological polar surface area (TPSA) is 91.8 Å². The van der Waals surface area contributed by atoms with Crippen molar-refractivity contribution >= 4 is 27.5 Å². The molecule has 31 heavy (non-hydrogen) atoms. The van der Waals surface area contributed by atoms with Crippen LogP contribution in [-0.4, -0.2) is 61.8 Å². The van der Waals surface area contributed by atoms with E-state index in [1.165, 1.54) is 29.6 Å². The van der Waals surface area contributed by atoms with Gasteiger partial charge in [0.1, 0.15) is 0 Å². The fraction of sp³-hybridized carbons (Fsp3) is 0.348. The first-order valence-corrected chi connectivity index (χ1v) is 11.8. The van der Waals surface area contributed by atoms with E-state index in [0.717, 1.165) is 25.9 Å². The summed E-state index contributed by atoms with van der Waals surface area (Å²) in [4.78, 5) is 39.5. The number of hydrogen-bond donors (Lipinski definition) is 0. The van der Waals surface area contributed by atoms with Crippen molar-refractivity contribution in [1.29, 1.82) is 0 Å². The second kappa shape index (κ2) is 8.36. The van der Waals surface area contributed by atoms with Crippen LogP contribution < -0.4 is 0 Å². The van der Waals surface area contributed by atoms with E-state index in [2.05, 4.69) is 0 Å². The quantitative estimate of drug-likeness (QED) is 0.587. The molecule has 7 nitrogen and oxygen atoms in total. The van der Waals surface area contributed by atoms with E-state index in [4.69, 9.17) is 0 Å². The van der Waals surface area contributed by atoms with Gasteiger partial charge in [-0.05, 0) is 37.5 Å². The second-order valence-corrected chi connectivity index (χ2v) is 9.97.